The fourth-order valence-corrected chi connectivity index (χ4v) is 2.98. The number of ether oxygens (including phenoxy) is 1. The number of aromatic nitrogens is 1. The van der Waals surface area contributed by atoms with Gasteiger partial charge >= 0.3 is 0 Å². The van der Waals surface area contributed by atoms with Crippen LogP contribution in [-0.2, 0) is 0 Å². The standard InChI is InChI=1S/C17H15Cl2NO/c1-11(2)21-16-10-20(15-9-4-3-6-12(15)16)17-13(18)7-5-8-14(17)19/h3-11H,1-2H3. The summed E-state index contributed by atoms with van der Waals surface area (Å²) in [6.07, 6.45) is 2.04. The first-order valence-electron chi connectivity index (χ1n) is 6.79. The fourth-order valence-electron chi connectivity index (χ4n) is 2.40. The first-order chi connectivity index (χ1) is 10.1. The van der Waals surface area contributed by atoms with Crippen LogP contribution in [0.25, 0.3) is 16.6 Å². The van der Waals surface area contributed by atoms with Gasteiger partial charge in [0, 0.05) is 5.39 Å². The van der Waals surface area contributed by atoms with Gasteiger partial charge in [0.05, 0.1) is 33.6 Å². The molecule has 0 aliphatic rings. The normalized spacial score (nSPS) is 11.3. The molecule has 1 aromatic heterocycles. The van der Waals surface area contributed by atoms with Crippen molar-refractivity contribution in [3.05, 3.63) is 58.7 Å². The zero-order valence-corrected chi connectivity index (χ0v) is 13.3. The van der Waals surface area contributed by atoms with Crippen molar-refractivity contribution >= 4 is 34.1 Å². The molecule has 0 unspecified atom stereocenters. The molecular formula is C17H15Cl2NO. The van der Waals surface area contributed by atoms with E-state index < -0.39 is 0 Å². The largest absolute Gasteiger partial charge is 0.489 e. The van der Waals surface area contributed by atoms with Gasteiger partial charge in [-0.15, -0.1) is 0 Å². The molecule has 0 saturated heterocycles. The molecule has 0 bridgehead atoms. The summed E-state index contributed by atoms with van der Waals surface area (Å²) in [6.45, 7) is 4.02. The molecule has 3 aromatic rings. The van der Waals surface area contributed by atoms with E-state index in [1.54, 1.807) is 0 Å². The van der Waals surface area contributed by atoms with Crippen molar-refractivity contribution in [1.29, 1.82) is 0 Å². The van der Waals surface area contributed by atoms with Crippen molar-refractivity contribution in [2.45, 2.75) is 20.0 Å². The minimum atomic E-state index is 0.103. The molecule has 0 aliphatic carbocycles. The Morgan fingerprint density at radius 3 is 2.29 bits per heavy atom. The predicted octanol–water partition coefficient (Wildman–Crippen LogP) is 5.72. The van der Waals surface area contributed by atoms with Crippen LogP contribution >= 0.6 is 23.2 Å². The number of fused-ring (bicyclic) bond motifs is 1. The van der Waals surface area contributed by atoms with Gasteiger partial charge < -0.3 is 9.30 Å². The molecule has 0 aliphatic heterocycles. The Labute approximate surface area is 133 Å². The van der Waals surface area contributed by atoms with Crippen LogP contribution in [0, 0.1) is 0 Å². The fraction of sp³-hybridized carbons (Fsp3) is 0.176. The molecule has 4 heteroatoms. The lowest BCUT2D eigenvalue weighted by Crippen LogP contribution is -2.04. The first-order valence-corrected chi connectivity index (χ1v) is 7.54. The number of halogens is 2. The van der Waals surface area contributed by atoms with Gasteiger partial charge in [-0.2, -0.15) is 0 Å². The van der Waals surface area contributed by atoms with E-state index in [0.717, 1.165) is 22.3 Å². The van der Waals surface area contributed by atoms with Crippen molar-refractivity contribution in [2.24, 2.45) is 0 Å². The highest BCUT2D eigenvalue weighted by atomic mass is 35.5. The topological polar surface area (TPSA) is 14.2 Å². The van der Waals surface area contributed by atoms with Crippen LogP contribution in [0.2, 0.25) is 10.0 Å². The van der Waals surface area contributed by atoms with Crippen LogP contribution in [0.4, 0.5) is 0 Å². The molecule has 21 heavy (non-hydrogen) atoms. The molecule has 1 heterocycles. The van der Waals surface area contributed by atoms with Gasteiger partial charge in [-0.1, -0.05) is 41.4 Å². The molecule has 0 N–H and O–H groups in total. The van der Waals surface area contributed by atoms with Gasteiger partial charge in [0.25, 0.3) is 0 Å². The van der Waals surface area contributed by atoms with Gasteiger partial charge in [0.15, 0.2) is 0 Å². The van der Waals surface area contributed by atoms with Crippen molar-refractivity contribution in [2.75, 3.05) is 0 Å². The van der Waals surface area contributed by atoms with E-state index in [4.69, 9.17) is 27.9 Å². The molecule has 3 rings (SSSR count). The summed E-state index contributed by atoms with van der Waals surface area (Å²) in [6, 6.07) is 13.6. The third kappa shape index (κ3) is 2.61. The Morgan fingerprint density at radius 1 is 0.952 bits per heavy atom. The predicted molar refractivity (Wildman–Crippen MR) is 89.1 cm³/mol. The molecule has 2 aromatic carbocycles. The smallest absolute Gasteiger partial charge is 0.145 e. The average Bonchev–Trinajstić information content (AvgIpc) is 2.77. The average molecular weight is 320 g/mol. The van der Waals surface area contributed by atoms with Gasteiger partial charge in [-0.05, 0) is 38.1 Å². The van der Waals surface area contributed by atoms with Crippen LogP contribution in [0.15, 0.2) is 48.7 Å². The minimum Gasteiger partial charge on any atom is -0.489 e. The number of hydrogen-bond donors (Lipinski definition) is 0. The number of rotatable bonds is 3. The Morgan fingerprint density at radius 2 is 1.62 bits per heavy atom. The lowest BCUT2D eigenvalue weighted by molar-refractivity contribution is 0.245. The number of benzene rings is 2. The van der Waals surface area contributed by atoms with Crippen molar-refractivity contribution in [3.8, 4) is 11.4 Å². The van der Waals surface area contributed by atoms with E-state index in [9.17, 15) is 0 Å². The molecular weight excluding hydrogens is 305 g/mol. The quantitative estimate of drug-likeness (QED) is 0.601. The number of nitrogens with zero attached hydrogens (tertiary/aromatic N) is 1. The summed E-state index contributed by atoms with van der Waals surface area (Å²) in [5.74, 6) is 0.830. The SMILES string of the molecule is CC(C)Oc1cn(-c2c(Cl)cccc2Cl)c2ccccc12. The van der Waals surface area contributed by atoms with E-state index in [1.807, 2.05) is 67.1 Å². The highest BCUT2D eigenvalue weighted by Crippen LogP contribution is 2.36. The van der Waals surface area contributed by atoms with Crippen molar-refractivity contribution in [3.63, 3.8) is 0 Å². The molecule has 0 radical (unpaired) electrons. The molecule has 0 spiro atoms. The summed E-state index contributed by atoms with van der Waals surface area (Å²) in [4.78, 5) is 0. The summed E-state index contributed by atoms with van der Waals surface area (Å²) in [5, 5.41) is 2.26. The molecule has 0 amide bonds. The zero-order chi connectivity index (χ0) is 15.0. The van der Waals surface area contributed by atoms with Gasteiger partial charge in [0.2, 0.25) is 0 Å². The first kappa shape index (κ1) is 14.3. The van der Waals surface area contributed by atoms with E-state index >= 15 is 0 Å². The summed E-state index contributed by atoms with van der Waals surface area (Å²) in [5.41, 5.74) is 1.79. The third-order valence-electron chi connectivity index (χ3n) is 3.22. The van der Waals surface area contributed by atoms with Crippen molar-refractivity contribution in [1.82, 2.24) is 4.57 Å². The molecule has 0 fully saturated rings. The Bertz CT molecular complexity index is 772. The van der Waals surface area contributed by atoms with Crippen LogP contribution in [0.3, 0.4) is 0 Å². The van der Waals surface area contributed by atoms with Crippen LogP contribution in [0.1, 0.15) is 13.8 Å². The second-order valence-electron chi connectivity index (χ2n) is 5.12. The minimum absolute atomic E-state index is 0.103. The van der Waals surface area contributed by atoms with Crippen LogP contribution < -0.4 is 4.74 Å². The second kappa shape index (κ2) is 5.63. The van der Waals surface area contributed by atoms with Crippen LogP contribution in [-0.4, -0.2) is 10.7 Å². The Kier molecular flexibility index (Phi) is 3.83. The molecule has 108 valence electrons. The highest BCUT2D eigenvalue weighted by molar-refractivity contribution is 6.37. The van der Waals surface area contributed by atoms with Gasteiger partial charge in [-0.3, -0.25) is 0 Å². The van der Waals surface area contributed by atoms with Crippen LogP contribution in [0.5, 0.6) is 5.75 Å². The van der Waals surface area contributed by atoms with E-state index in [2.05, 4.69) is 0 Å². The second-order valence-corrected chi connectivity index (χ2v) is 5.93. The summed E-state index contributed by atoms with van der Waals surface area (Å²) in [7, 11) is 0. The highest BCUT2D eigenvalue weighted by Gasteiger charge is 2.15. The molecule has 0 atom stereocenters. The Hall–Kier alpha value is -1.64. The number of para-hydroxylation sites is 2. The summed E-state index contributed by atoms with van der Waals surface area (Å²) >= 11 is 12.7. The summed E-state index contributed by atoms with van der Waals surface area (Å²) < 4.78 is 7.89. The van der Waals surface area contributed by atoms with E-state index in [1.165, 1.54) is 0 Å². The molecule has 2 nitrogen and oxygen atoms in total. The zero-order valence-electron chi connectivity index (χ0n) is 11.8. The lowest BCUT2D eigenvalue weighted by Gasteiger charge is -2.09. The molecule has 0 saturated carbocycles. The number of hydrogen-bond acceptors (Lipinski definition) is 1. The lowest BCUT2D eigenvalue weighted by atomic mass is 10.2. The Balaban J connectivity index is 2.28. The van der Waals surface area contributed by atoms with E-state index in [0.29, 0.717) is 10.0 Å². The van der Waals surface area contributed by atoms with Crippen molar-refractivity contribution < 1.29 is 4.74 Å². The van der Waals surface area contributed by atoms with Gasteiger partial charge in [0.1, 0.15) is 5.75 Å². The third-order valence-corrected chi connectivity index (χ3v) is 3.83. The maximum Gasteiger partial charge on any atom is 0.145 e. The van der Waals surface area contributed by atoms with E-state index in [-0.39, 0.29) is 6.10 Å². The maximum atomic E-state index is 6.33. The maximum absolute atomic E-state index is 6.33. The van der Waals surface area contributed by atoms with Gasteiger partial charge in [-0.25, -0.2) is 0 Å². The monoisotopic (exact) mass is 319 g/mol.